The molecule has 2 aromatic carbocycles. The molecule has 138 valence electrons. The van der Waals surface area contributed by atoms with E-state index in [1.54, 1.807) is 18.2 Å². The monoisotopic (exact) mass is 375 g/mol. The van der Waals surface area contributed by atoms with Crippen LogP contribution in [-0.4, -0.2) is 31.6 Å². The van der Waals surface area contributed by atoms with Crippen LogP contribution >= 0.6 is 11.6 Å². The topological polar surface area (TPSA) is 64.6 Å². The number of benzene rings is 2. The first-order chi connectivity index (χ1) is 12.5. The highest BCUT2D eigenvalue weighted by Gasteiger charge is 2.11. The van der Waals surface area contributed by atoms with Crippen LogP contribution < -0.4 is 10.1 Å². The van der Waals surface area contributed by atoms with E-state index in [-0.39, 0.29) is 25.0 Å². The molecule has 0 saturated carbocycles. The summed E-state index contributed by atoms with van der Waals surface area (Å²) in [6.07, 6.45) is 0. The number of esters is 1. The quantitative estimate of drug-likeness (QED) is 0.717. The first-order valence-corrected chi connectivity index (χ1v) is 8.69. The Morgan fingerprint density at radius 3 is 2.54 bits per heavy atom. The second-order valence-corrected chi connectivity index (χ2v) is 6.41. The molecule has 2 rings (SSSR count). The van der Waals surface area contributed by atoms with Crippen molar-refractivity contribution >= 4 is 23.5 Å². The Kier molecular flexibility index (Phi) is 7.48. The van der Waals surface area contributed by atoms with Gasteiger partial charge >= 0.3 is 5.97 Å². The number of halogens is 1. The lowest BCUT2D eigenvalue weighted by Crippen LogP contribution is -2.32. The number of hydrogen-bond acceptors (Lipinski definition) is 4. The molecule has 0 aliphatic carbocycles. The van der Waals surface area contributed by atoms with E-state index in [4.69, 9.17) is 21.1 Å². The Morgan fingerprint density at radius 1 is 1.12 bits per heavy atom. The molecule has 2 aromatic rings. The van der Waals surface area contributed by atoms with Crippen molar-refractivity contribution in [2.75, 3.05) is 19.8 Å². The Bertz CT molecular complexity index is 749. The summed E-state index contributed by atoms with van der Waals surface area (Å²) in [7, 11) is 0. The van der Waals surface area contributed by atoms with Crippen LogP contribution in [0.5, 0.6) is 5.75 Å². The van der Waals surface area contributed by atoms with Gasteiger partial charge in [-0.2, -0.15) is 0 Å². The third-order valence-electron chi connectivity index (χ3n) is 3.82. The van der Waals surface area contributed by atoms with Crippen LogP contribution in [-0.2, 0) is 14.3 Å². The molecule has 0 heterocycles. The van der Waals surface area contributed by atoms with Gasteiger partial charge in [0.2, 0.25) is 0 Å². The van der Waals surface area contributed by atoms with Gasteiger partial charge in [0.05, 0.1) is 0 Å². The van der Waals surface area contributed by atoms with Crippen molar-refractivity contribution < 1.29 is 19.1 Å². The van der Waals surface area contributed by atoms with Crippen LogP contribution in [0.4, 0.5) is 0 Å². The number of carbonyl (C=O) groups excluding carboxylic acids is 2. The Morgan fingerprint density at radius 2 is 1.85 bits per heavy atom. The Balaban J connectivity index is 1.67. The molecule has 0 aliphatic rings. The molecule has 1 amide bonds. The lowest BCUT2D eigenvalue weighted by atomic mass is 10.0. The highest BCUT2D eigenvalue weighted by atomic mass is 35.5. The number of rotatable bonds is 8. The van der Waals surface area contributed by atoms with Gasteiger partial charge < -0.3 is 14.8 Å². The van der Waals surface area contributed by atoms with Crippen LogP contribution in [0.1, 0.15) is 24.0 Å². The van der Waals surface area contributed by atoms with E-state index in [1.807, 2.05) is 44.2 Å². The molecule has 0 saturated heterocycles. The third kappa shape index (κ3) is 6.41. The maximum Gasteiger partial charge on any atom is 0.344 e. The summed E-state index contributed by atoms with van der Waals surface area (Å²) in [4.78, 5) is 23.5. The number of hydrogen-bond donors (Lipinski definition) is 1. The minimum atomic E-state index is -0.606. The van der Waals surface area contributed by atoms with Gasteiger partial charge in [-0.15, -0.1) is 0 Å². The molecule has 0 fully saturated rings. The van der Waals surface area contributed by atoms with Gasteiger partial charge in [0.15, 0.2) is 13.2 Å². The number of nitrogens with one attached hydrogen (secondary N) is 1. The fourth-order valence-corrected chi connectivity index (χ4v) is 2.54. The first kappa shape index (κ1) is 19.8. The van der Waals surface area contributed by atoms with Crippen molar-refractivity contribution in [3.8, 4) is 5.75 Å². The van der Waals surface area contributed by atoms with Crippen molar-refractivity contribution in [3.05, 3.63) is 64.7 Å². The summed E-state index contributed by atoms with van der Waals surface area (Å²) in [6, 6.07) is 15.0. The number of amides is 1. The first-order valence-electron chi connectivity index (χ1n) is 8.32. The third-order valence-corrected chi connectivity index (χ3v) is 4.06. The predicted molar refractivity (Wildman–Crippen MR) is 101 cm³/mol. The number of aryl methyl sites for hydroxylation is 1. The van der Waals surface area contributed by atoms with Crippen molar-refractivity contribution in [2.24, 2.45) is 0 Å². The van der Waals surface area contributed by atoms with Crippen molar-refractivity contribution in [1.82, 2.24) is 5.32 Å². The maximum atomic E-state index is 11.8. The van der Waals surface area contributed by atoms with Crippen LogP contribution in [0, 0.1) is 6.92 Å². The van der Waals surface area contributed by atoms with Crippen LogP contribution in [0.3, 0.4) is 0 Å². The van der Waals surface area contributed by atoms with E-state index in [0.717, 1.165) is 11.1 Å². The highest BCUT2D eigenvalue weighted by molar-refractivity contribution is 6.30. The van der Waals surface area contributed by atoms with E-state index in [9.17, 15) is 9.59 Å². The summed E-state index contributed by atoms with van der Waals surface area (Å²) >= 11 is 5.86. The van der Waals surface area contributed by atoms with Crippen molar-refractivity contribution in [2.45, 2.75) is 19.8 Å². The smallest absolute Gasteiger partial charge is 0.344 e. The average molecular weight is 376 g/mol. The normalized spacial score (nSPS) is 11.5. The number of carbonyl (C=O) groups is 2. The molecule has 0 radical (unpaired) electrons. The fraction of sp³-hybridized carbons (Fsp3) is 0.300. The van der Waals surface area contributed by atoms with Crippen LogP contribution in [0.25, 0.3) is 0 Å². The molecule has 1 atom stereocenters. The van der Waals surface area contributed by atoms with Crippen LogP contribution in [0.15, 0.2) is 48.5 Å². The lowest BCUT2D eigenvalue weighted by molar-refractivity contribution is -0.150. The zero-order chi connectivity index (χ0) is 18.9. The molecule has 1 N–H and O–H groups in total. The molecule has 0 aromatic heterocycles. The van der Waals surface area contributed by atoms with Crippen molar-refractivity contribution in [1.29, 1.82) is 0 Å². The molecule has 0 aliphatic heterocycles. The predicted octanol–water partition coefficient (Wildman–Crippen LogP) is 3.49. The summed E-state index contributed by atoms with van der Waals surface area (Å²) in [5.41, 5.74) is 1.95. The second kappa shape index (κ2) is 9.82. The van der Waals surface area contributed by atoms with Gasteiger partial charge in [-0.1, -0.05) is 48.9 Å². The van der Waals surface area contributed by atoms with E-state index < -0.39 is 5.97 Å². The minimum Gasteiger partial charge on any atom is -0.482 e. The van der Waals surface area contributed by atoms with Gasteiger partial charge in [-0.3, -0.25) is 4.79 Å². The van der Waals surface area contributed by atoms with E-state index in [2.05, 4.69) is 5.32 Å². The van der Waals surface area contributed by atoms with Gasteiger partial charge in [-0.25, -0.2) is 4.79 Å². The molecule has 26 heavy (non-hydrogen) atoms. The molecule has 5 nitrogen and oxygen atoms in total. The standard InChI is InChI=1S/C20H22ClNO4/c1-14-10-17(21)8-9-18(14)25-13-20(24)26-12-19(23)22-11-15(2)16-6-4-3-5-7-16/h3-10,15H,11-13H2,1-2H3,(H,22,23)/t15-/m0/s1. The Hall–Kier alpha value is -2.53. The summed E-state index contributed by atoms with van der Waals surface area (Å²) in [5.74, 6) is -0.228. The van der Waals surface area contributed by atoms with Gasteiger partial charge in [0.1, 0.15) is 5.75 Å². The summed E-state index contributed by atoms with van der Waals surface area (Å²) in [6.45, 7) is 3.72. The molecule has 6 heteroatoms. The molecule has 0 bridgehead atoms. The lowest BCUT2D eigenvalue weighted by Gasteiger charge is -2.13. The van der Waals surface area contributed by atoms with Gasteiger partial charge in [-0.05, 0) is 42.2 Å². The van der Waals surface area contributed by atoms with Crippen LogP contribution in [0.2, 0.25) is 5.02 Å². The van der Waals surface area contributed by atoms with Crippen molar-refractivity contribution in [3.63, 3.8) is 0 Å². The second-order valence-electron chi connectivity index (χ2n) is 5.97. The summed E-state index contributed by atoms with van der Waals surface area (Å²) < 4.78 is 10.3. The highest BCUT2D eigenvalue weighted by Crippen LogP contribution is 2.21. The molecular formula is C20H22ClNO4. The minimum absolute atomic E-state index is 0.173. The Labute approximate surface area is 158 Å². The van der Waals surface area contributed by atoms with E-state index in [0.29, 0.717) is 17.3 Å². The van der Waals surface area contributed by atoms with E-state index in [1.165, 1.54) is 0 Å². The zero-order valence-electron chi connectivity index (χ0n) is 14.8. The number of ether oxygens (including phenoxy) is 2. The van der Waals surface area contributed by atoms with Gasteiger partial charge in [0.25, 0.3) is 5.91 Å². The van der Waals surface area contributed by atoms with Gasteiger partial charge in [0, 0.05) is 11.6 Å². The molecular weight excluding hydrogens is 354 g/mol. The summed E-state index contributed by atoms with van der Waals surface area (Å²) in [5, 5.41) is 3.35. The zero-order valence-corrected chi connectivity index (χ0v) is 15.6. The maximum absolute atomic E-state index is 11.8. The largest absolute Gasteiger partial charge is 0.482 e. The molecule has 0 unspecified atom stereocenters. The fourth-order valence-electron chi connectivity index (χ4n) is 2.32. The van der Waals surface area contributed by atoms with E-state index >= 15 is 0 Å². The average Bonchev–Trinajstić information content (AvgIpc) is 2.64. The molecule has 0 spiro atoms. The SMILES string of the molecule is Cc1cc(Cl)ccc1OCC(=O)OCC(=O)NC[C@H](C)c1ccccc1.